The van der Waals surface area contributed by atoms with Crippen molar-refractivity contribution in [2.75, 3.05) is 12.9 Å². The van der Waals surface area contributed by atoms with Crippen LogP contribution in [0.1, 0.15) is 19.3 Å². The fourth-order valence-electron chi connectivity index (χ4n) is 1.51. The number of rotatable bonds is 6. The summed E-state index contributed by atoms with van der Waals surface area (Å²) in [6.45, 7) is 0. The van der Waals surface area contributed by atoms with Gasteiger partial charge in [-0.15, -0.1) is 0 Å². The van der Waals surface area contributed by atoms with E-state index >= 15 is 0 Å². The second kappa shape index (κ2) is 7.99. The molecule has 0 atom stereocenters. The molecule has 0 aromatic heterocycles. The highest BCUT2D eigenvalue weighted by Crippen LogP contribution is 2.16. The van der Waals surface area contributed by atoms with Crippen molar-refractivity contribution in [1.29, 1.82) is 0 Å². The van der Waals surface area contributed by atoms with Gasteiger partial charge in [-0.2, -0.15) is 0 Å². The molecule has 8 heteroatoms. The SMILES string of the molecule is COC(=O)OC(=O)CCCCS(=O)(=O)c1ccc(Cl)cc1. The molecule has 0 aliphatic heterocycles. The number of carbonyl (C=O) groups excluding carboxylic acids is 2. The van der Waals surface area contributed by atoms with Gasteiger partial charge in [-0.05, 0) is 37.1 Å². The van der Waals surface area contributed by atoms with Crippen LogP contribution in [0.15, 0.2) is 29.2 Å². The standard InChI is InChI=1S/C13H15ClO6S/c1-19-13(16)20-12(15)4-2-3-9-21(17,18)11-7-5-10(14)6-8-11/h5-8H,2-4,9H2,1H3. The molecule has 0 aliphatic carbocycles. The quantitative estimate of drug-likeness (QED) is 0.451. The molecule has 0 heterocycles. The third-order valence-corrected chi connectivity index (χ3v) is 4.65. The number of esters is 1. The first-order valence-corrected chi connectivity index (χ1v) is 8.15. The number of carbonyl (C=O) groups is 2. The van der Waals surface area contributed by atoms with Crippen LogP contribution in [0, 0.1) is 0 Å². The van der Waals surface area contributed by atoms with Gasteiger partial charge in [0.05, 0.1) is 17.8 Å². The van der Waals surface area contributed by atoms with E-state index in [0.717, 1.165) is 7.11 Å². The van der Waals surface area contributed by atoms with Crippen molar-refractivity contribution < 1.29 is 27.5 Å². The van der Waals surface area contributed by atoms with Gasteiger partial charge >= 0.3 is 12.1 Å². The molecule has 0 saturated heterocycles. The number of ether oxygens (including phenoxy) is 2. The van der Waals surface area contributed by atoms with Crippen LogP contribution in [0.25, 0.3) is 0 Å². The van der Waals surface area contributed by atoms with E-state index in [9.17, 15) is 18.0 Å². The monoisotopic (exact) mass is 334 g/mol. The van der Waals surface area contributed by atoms with Gasteiger partial charge in [0.2, 0.25) is 0 Å². The van der Waals surface area contributed by atoms with Crippen LogP contribution in [0.4, 0.5) is 4.79 Å². The number of benzene rings is 1. The summed E-state index contributed by atoms with van der Waals surface area (Å²) in [5, 5.41) is 0.458. The number of halogens is 1. The van der Waals surface area contributed by atoms with Gasteiger partial charge in [0.15, 0.2) is 9.84 Å². The molecule has 0 saturated carbocycles. The van der Waals surface area contributed by atoms with Gasteiger partial charge in [0.1, 0.15) is 0 Å². The van der Waals surface area contributed by atoms with E-state index in [1.165, 1.54) is 24.3 Å². The Balaban J connectivity index is 2.39. The normalized spacial score (nSPS) is 11.0. The average Bonchev–Trinajstić information content (AvgIpc) is 2.44. The summed E-state index contributed by atoms with van der Waals surface area (Å²) in [5.74, 6) is -0.842. The Morgan fingerprint density at radius 1 is 1.14 bits per heavy atom. The van der Waals surface area contributed by atoms with E-state index in [0.29, 0.717) is 11.4 Å². The zero-order valence-corrected chi connectivity index (χ0v) is 12.9. The van der Waals surface area contributed by atoms with Crippen molar-refractivity contribution in [2.24, 2.45) is 0 Å². The molecule has 0 unspecified atom stereocenters. The summed E-state index contributed by atoms with van der Waals surface area (Å²) in [6.07, 6.45) is -0.552. The second-order valence-corrected chi connectivity index (χ2v) is 6.70. The highest BCUT2D eigenvalue weighted by molar-refractivity contribution is 7.91. The maximum Gasteiger partial charge on any atom is 0.515 e. The predicted octanol–water partition coefficient (Wildman–Crippen LogP) is 2.59. The summed E-state index contributed by atoms with van der Waals surface area (Å²) in [6, 6.07) is 5.87. The van der Waals surface area contributed by atoms with Crippen LogP contribution in [0.3, 0.4) is 0 Å². The van der Waals surface area contributed by atoms with Crippen LogP contribution in [0.5, 0.6) is 0 Å². The fourth-order valence-corrected chi connectivity index (χ4v) is 3.00. The largest absolute Gasteiger partial charge is 0.515 e. The average molecular weight is 335 g/mol. The minimum absolute atomic E-state index is 0.0504. The lowest BCUT2D eigenvalue weighted by Crippen LogP contribution is -2.12. The molecule has 6 nitrogen and oxygen atoms in total. The number of methoxy groups -OCH3 is 1. The summed E-state index contributed by atoms with van der Waals surface area (Å²) in [7, 11) is -2.31. The van der Waals surface area contributed by atoms with Crippen LogP contribution in [0.2, 0.25) is 5.02 Å². The van der Waals surface area contributed by atoms with Crippen LogP contribution >= 0.6 is 11.6 Å². The van der Waals surface area contributed by atoms with E-state index in [1.807, 2.05) is 0 Å². The number of hydrogen-bond acceptors (Lipinski definition) is 6. The zero-order chi connectivity index (χ0) is 15.9. The van der Waals surface area contributed by atoms with Gasteiger partial charge in [0, 0.05) is 11.4 Å². The number of unbranched alkanes of at least 4 members (excludes halogenated alkanes) is 1. The summed E-state index contributed by atoms with van der Waals surface area (Å²) >= 11 is 5.69. The van der Waals surface area contributed by atoms with E-state index in [2.05, 4.69) is 9.47 Å². The van der Waals surface area contributed by atoms with Crippen LogP contribution < -0.4 is 0 Å². The topological polar surface area (TPSA) is 86.7 Å². The molecule has 1 aromatic carbocycles. The first-order chi connectivity index (χ1) is 9.85. The molecule has 0 fully saturated rings. The Kier molecular flexibility index (Phi) is 6.64. The lowest BCUT2D eigenvalue weighted by atomic mass is 10.2. The molecule has 0 radical (unpaired) electrons. The summed E-state index contributed by atoms with van der Waals surface area (Å²) in [4.78, 5) is 22.0. The highest BCUT2D eigenvalue weighted by Gasteiger charge is 2.15. The van der Waals surface area contributed by atoms with E-state index in [-0.39, 0.29) is 23.5 Å². The Morgan fingerprint density at radius 3 is 2.33 bits per heavy atom. The van der Waals surface area contributed by atoms with Crippen molar-refractivity contribution >= 4 is 33.6 Å². The molecule has 0 N–H and O–H groups in total. The highest BCUT2D eigenvalue weighted by atomic mass is 35.5. The van der Waals surface area contributed by atoms with Crippen molar-refractivity contribution in [1.82, 2.24) is 0 Å². The van der Waals surface area contributed by atoms with Gasteiger partial charge in [-0.1, -0.05) is 11.6 Å². The first-order valence-electron chi connectivity index (χ1n) is 6.12. The Hall–Kier alpha value is -1.60. The molecule has 0 spiro atoms. The first kappa shape index (κ1) is 17.5. The summed E-state index contributed by atoms with van der Waals surface area (Å²) in [5.41, 5.74) is 0. The van der Waals surface area contributed by atoms with Gasteiger partial charge in [-0.3, -0.25) is 4.79 Å². The van der Waals surface area contributed by atoms with Crippen molar-refractivity contribution in [3.05, 3.63) is 29.3 Å². The molecular weight excluding hydrogens is 320 g/mol. The minimum atomic E-state index is -3.41. The number of sulfone groups is 1. The van der Waals surface area contributed by atoms with E-state index < -0.39 is 22.0 Å². The lowest BCUT2D eigenvalue weighted by Gasteiger charge is -2.04. The van der Waals surface area contributed by atoms with Gasteiger partial charge < -0.3 is 9.47 Å². The molecule has 0 amide bonds. The van der Waals surface area contributed by atoms with Gasteiger partial charge in [-0.25, -0.2) is 13.2 Å². The molecule has 1 rings (SSSR count). The molecule has 0 bridgehead atoms. The third kappa shape index (κ3) is 6.14. The van der Waals surface area contributed by atoms with Crippen molar-refractivity contribution in [3.8, 4) is 0 Å². The predicted molar refractivity (Wildman–Crippen MR) is 75.9 cm³/mol. The second-order valence-electron chi connectivity index (χ2n) is 4.16. The Morgan fingerprint density at radius 2 is 1.76 bits per heavy atom. The van der Waals surface area contributed by atoms with Gasteiger partial charge in [0.25, 0.3) is 0 Å². The maximum atomic E-state index is 12.0. The maximum absolute atomic E-state index is 12.0. The minimum Gasteiger partial charge on any atom is -0.437 e. The fraction of sp³-hybridized carbons (Fsp3) is 0.385. The molecule has 0 aliphatic rings. The number of hydrogen-bond donors (Lipinski definition) is 0. The summed E-state index contributed by atoms with van der Waals surface area (Å²) < 4.78 is 32.4. The smallest absolute Gasteiger partial charge is 0.437 e. The zero-order valence-electron chi connectivity index (χ0n) is 11.4. The molecule has 1 aromatic rings. The van der Waals surface area contributed by atoms with Crippen LogP contribution in [-0.2, 0) is 24.1 Å². The van der Waals surface area contributed by atoms with Crippen LogP contribution in [-0.4, -0.2) is 33.4 Å². The lowest BCUT2D eigenvalue weighted by molar-refractivity contribution is -0.139. The van der Waals surface area contributed by atoms with E-state index in [4.69, 9.17) is 11.6 Å². The molecule has 21 heavy (non-hydrogen) atoms. The third-order valence-electron chi connectivity index (χ3n) is 2.58. The molecule has 116 valence electrons. The van der Waals surface area contributed by atoms with Crippen molar-refractivity contribution in [3.63, 3.8) is 0 Å². The van der Waals surface area contributed by atoms with Crippen molar-refractivity contribution in [2.45, 2.75) is 24.2 Å². The Labute approximate surface area is 127 Å². The Bertz CT molecular complexity index is 594. The molecular formula is C13H15ClO6S. The van der Waals surface area contributed by atoms with E-state index in [1.54, 1.807) is 0 Å².